The molecule has 1 rings (SSSR count). The van der Waals surface area contributed by atoms with Crippen molar-refractivity contribution in [2.75, 3.05) is 5.33 Å². The summed E-state index contributed by atoms with van der Waals surface area (Å²) >= 11 is 3.51. The van der Waals surface area contributed by atoms with Crippen LogP contribution in [0.3, 0.4) is 0 Å². The highest BCUT2D eigenvalue weighted by Crippen LogP contribution is 2.24. The van der Waals surface area contributed by atoms with E-state index in [1.807, 2.05) is 13.1 Å². The van der Waals surface area contributed by atoms with E-state index in [9.17, 15) is 0 Å². The summed E-state index contributed by atoms with van der Waals surface area (Å²) in [5.74, 6) is 0. The first kappa shape index (κ1) is 10.6. The van der Waals surface area contributed by atoms with Crippen LogP contribution in [0.4, 0.5) is 0 Å². The van der Waals surface area contributed by atoms with Crippen LogP contribution in [0, 0.1) is 12.3 Å². The molecule has 0 aromatic carbocycles. The van der Waals surface area contributed by atoms with E-state index >= 15 is 0 Å². The van der Waals surface area contributed by atoms with Gasteiger partial charge in [0, 0.05) is 17.2 Å². The zero-order chi connectivity index (χ0) is 9.90. The average molecular weight is 243 g/mol. The molecule has 0 saturated heterocycles. The molecule has 2 nitrogen and oxygen atoms in total. The predicted octanol–water partition coefficient (Wildman–Crippen LogP) is 2.75. The lowest BCUT2D eigenvalue weighted by atomic mass is 9.88. The molecule has 0 aliphatic heterocycles. The third-order valence-corrected chi connectivity index (χ3v) is 3.56. The van der Waals surface area contributed by atoms with Gasteiger partial charge in [-0.25, -0.2) is 9.97 Å². The highest BCUT2D eigenvalue weighted by atomic mass is 79.9. The smallest absolute Gasteiger partial charge is 0.115 e. The Morgan fingerprint density at radius 2 is 2.15 bits per heavy atom. The van der Waals surface area contributed by atoms with Crippen molar-refractivity contribution < 1.29 is 0 Å². The average Bonchev–Trinajstić information content (AvgIpc) is 2.09. The van der Waals surface area contributed by atoms with Crippen molar-refractivity contribution in [1.29, 1.82) is 0 Å². The third-order valence-electron chi connectivity index (χ3n) is 2.04. The van der Waals surface area contributed by atoms with Crippen LogP contribution in [-0.4, -0.2) is 15.3 Å². The first-order chi connectivity index (χ1) is 6.05. The molecule has 0 aliphatic carbocycles. The van der Waals surface area contributed by atoms with E-state index in [1.54, 1.807) is 6.33 Å². The standard InChI is InChI=1S/C10H15BrN2/c1-8-9(5-12-7-13-8)4-10(2,3)6-11/h5,7H,4,6H2,1-3H3. The number of aromatic nitrogens is 2. The molecule has 1 heterocycles. The molecule has 13 heavy (non-hydrogen) atoms. The zero-order valence-electron chi connectivity index (χ0n) is 8.34. The Kier molecular flexibility index (Phi) is 3.42. The summed E-state index contributed by atoms with van der Waals surface area (Å²) < 4.78 is 0. The Morgan fingerprint density at radius 3 is 2.69 bits per heavy atom. The lowest BCUT2D eigenvalue weighted by Crippen LogP contribution is -2.17. The largest absolute Gasteiger partial charge is 0.245 e. The maximum atomic E-state index is 4.17. The molecule has 0 spiro atoms. The number of nitrogens with zero attached hydrogens (tertiary/aromatic N) is 2. The molecule has 1 aromatic rings. The van der Waals surface area contributed by atoms with Crippen LogP contribution in [0.15, 0.2) is 12.5 Å². The van der Waals surface area contributed by atoms with E-state index in [-0.39, 0.29) is 5.41 Å². The zero-order valence-corrected chi connectivity index (χ0v) is 9.93. The minimum Gasteiger partial charge on any atom is -0.245 e. The van der Waals surface area contributed by atoms with E-state index in [4.69, 9.17) is 0 Å². The summed E-state index contributed by atoms with van der Waals surface area (Å²) in [6.45, 7) is 6.49. The molecular formula is C10H15BrN2. The molecule has 0 aliphatic rings. The molecular weight excluding hydrogens is 228 g/mol. The summed E-state index contributed by atoms with van der Waals surface area (Å²) in [4.78, 5) is 8.21. The van der Waals surface area contributed by atoms with Gasteiger partial charge in [-0.1, -0.05) is 29.8 Å². The molecule has 3 heteroatoms. The van der Waals surface area contributed by atoms with Gasteiger partial charge < -0.3 is 0 Å². The Morgan fingerprint density at radius 1 is 1.46 bits per heavy atom. The fraction of sp³-hybridized carbons (Fsp3) is 0.600. The molecule has 0 amide bonds. The Bertz CT molecular complexity index is 284. The topological polar surface area (TPSA) is 25.8 Å². The number of hydrogen-bond acceptors (Lipinski definition) is 2. The number of alkyl halides is 1. The van der Waals surface area contributed by atoms with E-state index in [1.165, 1.54) is 5.56 Å². The fourth-order valence-corrected chi connectivity index (χ4v) is 1.35. The molecule has 0 unspecified atom stereocenters. The second-order valence-electron chi connectivity index (χ2n) is 4.11. The molecule has 0 radical (unpaired) electrons. The van der Waals surface area contributed by atoms with Crippen LogP contribution in [0.2, 0.25) is 0 Å². The molecule has 0 bridgehead atoms. The van der Waals surface area contributed by atoms with Crippen LogP contribution in [-0.2, 0) is 6.42 Å². The van der Waals surface area contributed by atoms with Crippen LogP contribution >= 0.6 is 15.9 Å². The Hall–Kier alpha value is -0.440. The summed E-state index contributed by atoms with van der Waals surface area (Å²) in [5.41, 5.74) is 2.60. The van der Waals surface area contributed by atoms with Gasteiger partial charge in [-0.05, 0) is 24.3 Å². The van der Waals surface area contributed by atoms with Crippen molar-refractivity contribution >= 4 is 15.9 Å². The first-order valence-corrected chi connectivity index (χ1v) is 5.49. The summed E-state index contributed by atoms with van der Waals surface area (Å²) in [7, 11) is 0. The van der Waals surface area contributed by atoms with Crippen LogP contribution < -0.4 is 0 Å². The van der Waals surface area contributed by atoms with Crippen molar-refractivity contribution in [3.8, 4) is 0 Å². The number of hydrogen-bond donors (Lipinski definition) is 0. The van der Waals surface area contributed by atoms with Crippen LogP contribution in [0.1, 0.15) is 25.1 Å². The van der Waals surface area contributed by atoms with Gasteiger partial charge in [0.2, 0.25) is 0 Å². The van der Waals surface area contributed by atoms with Crippen molar-refractivity contribution in [1.82, 2.24) is 9.97 Å². The summed E-state index contributed by atoms with van der Waals surface area (Å²) in [5, 5.41) is 0.994. The van der Waals surface area contributed by atoms with Gasteiger partial charge in [-0.3, -0.25) is 0 Å². The maximum Gasteiger partial charge on any atom is 0.115 e. The minimum atomic E-state index is 0.273. The van der Waals surface area contributed by atoms with Gasteiger partial charge in [-0.15, -0.1) is 0 Å². The highest BCUT2D eigenvalue weighted by molar-refractivity contribution is 9.09. The van der Waals surface area contributed by atoms with Gasteiger partial charge in [-0.2, -0.15) is 0 Å². The monoisotopic (exact) mass is 242 g/mol. The molecule has 0 fully saturated rings. The number of rotatable bonds is 3. The first-order valence-electron chi connectivity index (χ1n) is 4.36. The van der Waals surface area contributed by atoms with E-state index < -0.39 is 0 Å². The normalized spacial score (nSPS) is 11.7. The number of aryl methyl sites for hydroxylation is 1. The van der Waals surface area contributed by atoms with Gasteiger partial charge in [0.15, 0.2) is 0 Å². The van der Waals surface area contributed by atoms with Gasteiger partial charge in [0.25, 0.3) is 0 Å². The SMILES string of the molecule is Cc1ncncc1CC(C)(C)CBr. The fourth-order valence-electron chi connectivity index (χ4n) is 1.16. The summed E-state index contributed by atoms with van der Waals surface area (Å²) in [6, 6.07) is 0. The van der Waals surface area contributed by atoms with Crippen molar-refractivity contribution in [2.45, 2.75) is 27.2 Å². The quantitative estimate of drug-likeness (QED) is 0.763. The molecule has 0 atom stereocenters. The number of halogens is 1. The van der Waals surface area contributed by atoms with E-state index in [0.29, 0.717) is 0 Å². The predicted molar refractivity (Wildman–Crippen MR) is 58.0 cm³/mol. The van der Waals surface area contributed by atoms with E-state index in [2.05, 4.69) is 39.7 Å². The van der Waals surface area contributed by atoms with Gasteiger partial charge in [0.1, 0.15) is 6.33 Å². The minimum absolute atomic E-state index is 0.273. The Balaban J connectivity index is 2.80. The lowest BCUT2D eigenvalue weighted by Gasteiger charge is -2.21. The summed E-state index contributed by atoms with van der Waals surface area (Å²) in [6.07, 6.45) is 4.53. The second kappa shape index (κ2) is 4.18. The third kappa shape index (κ3) is 3.07. The molecule has 0 saturated carbocycles. The van der Waals surface area contributed by atoms with Crippen LogP contribution in [0.25, 0.3) is 0 Å². The van der Waals surface area contributed by atoms with Gasteiger partial charge >= 0.3 is 0 Å². The second-order valence-corrected chi connectivity index (χ2v) is 4.67. The van der Waals surface area contributed by atoms with Crippen molar-refractivity contribution in [3.63, 3.8) is 0 Å². The molecule has 0 N–H and O–H groups in total. The molecule has 1 aromatic heterocycles. The Labute approximate surface area is 87.9 Å². The molecule has 72 valence electrons. The van der Waals surface area contributed by atoms with Crippen molar-refractivity contribution in [3.05, 3.63) is 23.8 Å². The van der Waals surface area contributed by atoms with Gasteiger partial charge in [0.05, 0.1) is 0 Å². The maximum absolute atomic E-state index is 4.17. The highest BCUT2D eigenvalue weighted by Gasteiger charge is 2.17. The lowest BCUT2D eigenvalue weighted by molar-refractivity contribution is 0.422. The van der Waals surface area contributed by atoms with Crippen LogP contribution in [0.5, 0.6) is 0 Å². The van der Waals surface area contributed by atoms with Crippen molar-refractivity contribution in [2.24, 2.45) is 5.41 Å². The van der Waals surface area contributed by atoms with E-state index in [0.717, 1.165) is 17.4 Å².